The highest BCUT2D eigenvalue weighted by atomic mass is 16.5. The number of fused-ring (bicyclic) bond motifs is 1. The molecule has 6 heteroatoms. The summed E-state index contributed by atoms with van der Waals surface area (Å²) in [6.45, 7) is 2.11. The van der Waals surface area contributed by atoms with Gasteiger partial charge in [-0.05, 0) is 49.1 Å². The summed E-state index contributed by atoms with van der Waals surface area (Å²) in [6.07, 6.45) is 7.36. The van der Waals surface area contributed by atoms with Gasteiger partial charge in [0, 0.05) is 61.4 Å². The van der Waals surface area contributed by atoms with Gasteiger partial charge in [0.05, 0.1) is 7.11 Å². The standard InChI is InChI=1S/C25H29N3O3/c1-31-20-7-5-17(6-8-20)21-16-28(25(30)18-3-2-4-18)23-11-14-27(15-22(21)23)24(29)19-9-12-26-13-10-19/h5-10,12-13,18,21-23H,2-4,11,14-16H2,1H3/t21-,22-,23-/m0/s1. The monoisotopic (exact) mass is 419 g/mol. The Hall–Kier alpha value is -2.89. The number of methoxy groups -OCH3 is 1. The first-order chi connectivity index (χ1) is 15.2. The van der Waals surface area contributed by atoms with Crippen molar-refractivity contribution in [3.05, 3.63) is 59.9 Å². The summed E-state index contributed by atoms with van der Waals surface area (Å²) in [7, 11) is 1.67. The lowest BCUT2D eigenvalue weighted by Gasteiger charge is -2.40. The van der Waals surface area contributed by atoms with E-state index in [1.54, 1.807) is 31.6 Å². The predicted octanol–water partition coefficient (Wildman–Crippen LogP) is 3.35. The van der Waals surface area contributed by atoms with Crippen LogP contribution in [0.4, 0.5) is 0 Å². The maximum atomic E-state index is 13.2. The fourth-order valence-electron chi connectivity index (χ4n) is 5.44. The molecule has 3 atom stereocenters. The molecule has 0 unspecified atom stereocenters. The van der Waals surface area contributed by atoms with E-state index < -0.39 is 0 Å². The minimum absolute atomic E-state index is 0.0538. The van der Waals surface area contributed by atoms with Crippen LogP contribution < -0.4 is 4.74 Å². The third kappa shape index (κ3) is 3.68. The summed E-state index contributed by atoms with van der Waals surface area (Å²) in [4.78, 5) is 34.4. The van der Waals surface area contributed by atoms with Crippen LogP contribution in [0.2, 0.25) is 0 Å². The molecule has 0 radical (unpaired) electrons. The zero-order valence-corrected chi connectivity index (χ0v) is 17.9. The number of rotatable bonds is 4. The van der Waals surface area contributed by atoms with Crippen LogP contribution in [-0.4, -0.2) is 59.4 Å². The van der Waals surface area contributed by atoms with Crippen molar-refractivity contribution < 1.29 is 14.3 Å². The van der Waals surface area contributed by atoms with Gasteiger partial charge in [-0.25, -0.2) is 0 Å². The average molecular weight is 420 g/mol. The first kappa shape index (κ1) is 20.0. The lowest BCUT2D eigenvalue weighted by molar-refractivity contribution is -0.139. The number of ether oxygens (including phenoxy) is 1. The van der Waals surface area contributed by atoms with Crippen molar-refractivity contribution in [2.24, 2.45) is 11.8 Å². The highest BCUT2D eigenvalue weighted by Gasteiger charge is 2.49. The number of pyridine rings is 1. The van der Waals surface area contributed by atoms with Gasteiger partial charge in [-0.2, -0.15) is 0 Å². The van der Waals surface area contributed by atoms with Gasteiger partial charge >= 0.3 is 0 Å². The number of carbonyl (C=O) groups is 2. The van der Waals surface area contributed by atoms with E-state index in [1.807, 2.05) is 17.0 Å². The molecule has 1 saturated carbocycles. The Balaban J connectivity index is 1.41. The quantitative estimate of drug-likeness (QED) is 0.763. The molecular weight excluding hydrogens is 390 g/mol. The highest BCUT2D eigenvalue weighted by Crippen LogP contribution is 2.44. The van der Waals surface area contributed by atoms with E-state index in [1.165, 1.54) is 5.56 Å². The minimum Gasteiger partial charge on any atom is -0.497 e. The molecule has 2 aromatic rings. The number of hydrogen-bond donors (Lipinski definition) is 0. The Kier molecular flexibility index (Phi) is 5.38. The van der Waals surface area contributed by atoms with Crippen LogP contribution in [0, 0.1) is 11.8 Å². The van der Waals surface area contributed by atoms with Crippen LogP contribution in [0.25, 0.3) is 0 Å². The zero-order chi connectivity index (χ0) is 21.4. The molecule has 3 aliphatic rings. The van der Waals surface area contributed by atoms with Crippen molar-refractivity contribution in [2.75, 3.05) is 26.7 Å². The smallest absolute Gasteiger partial charge is 0.253 e. The van der Waals surface area contributed by atoms with Crippen LogP contribution in [0.15, 0.2) is 48.8 Å². The summed E-state index contributed by atoms with van der Waals surface area (Å²) in [5, 5.41) is 0. The van der Waals surface area contributed by atoms with Crippen molar-refractivity contribution in [3.63, 3.8) is 0 Å². The fourth-order valence-corrected chi connectivity index (χ4v) is 5.44. The van der Waals surface area contributed by atoms with Gasteiger partial charge in [-0.3, -0.25) is 14.6 Å². The van der Waals surface area contributed by atoms with E-state index in [-0.39, 0.29) is 29.7 Å². The molecular formula is C25H29N3O3. The van der Waals surface area contributed by atoms with Gasteiger partial charge in [-0.1, -0.05) is 18.6 Å². The maximum Gasteiger partial charge on any atom is 0.253 e. The van der Waals surface area contributed by atoms with Crippen molar-refractivity contribution in [1.29, 1.82) is 0 Å². The first-order valence-corrected chi connectivity index (χ1v) is 11.3. The fraction of sp³-hybridized carbons (Fsp3) is 0.480. The van der Waals surface area contributed by atoms with Gasteiger partial charge in [-0.15, -0.1) is 0 Å². The Labute approximate surface area is 183 Å². The number of amides is 2. The molecule has 0 N–H and O–H groups in total. The molecule has 2 saturated heterocycles. The predicted molar refractivity (Wildman–Crippen MR) is 117 cm³/mol. The molecule has 1 aliphatic carbocycles. The van der Waals surface area contributed by atoms with Crippen molar-refractivity contribution in [2.45, 2.75) is 37.6 Å². The average Bonchev–Trinajstić information content (AvgIpc) is 3.17. The Morgan fingerprint density at radius 2 is 1.74 bits per heavy atom. The second kappa shape index (κ2) is 8.33. The van der Waals surface area contributed by atoms with Crippen LogP contribution in [0.3, 0.4) is 0 Å². The van der Waals surface area contributed by atoms with Crippen LogP contribution in [0.5, 0.6) is 5.75 Å². The van der Waals surface area contributed by atoms with E-state index in [0.717, 1.165) is 38.0 Å². The number of likely N-dealkylation sites (tertiary alicyclic amines) is 2. The van der Waals surface area contributed by atoms with Gasteiger partial charge < -0.3 is 14.5 Å². The minimum atomic E-state index is 0.0538. The van der Waals surface area contributed by atoms with Gasteiger partial charge in [0.25, 0.3) is 5.91 Å². The molecule has 3 heterocycles. The third-order valence-corrected chi connectivity index (χ3v) is 7.43. The molecule has 0 bridgehead atoms. The van der Waals surface area contributed by atoms with Crippen LogP contribution in [-0.2, 0) is 4.79 Å². The maximum absolute atomic E-state index is 13.2. The second-order valence-electron chi connectivity index (χ2n) is 9.01. The number of nitrogens with zero attached hydrogens (tertiary/aromatic N) is 3. The lowest BCUT2D eigenvalue weighted by Crippen LogP contribution is -2.51. The van der Waals surface area contributed by atoms with Gasteiger partial charge in [0.2, 0.25) is 5.91 Å². The van der Waals surface area contributed by atoms with Gasteiger partial charge in [0.15, 0.2) is 0 Å². The second-order valence-corrected chi connectivity index (χ2v) is 9.01. The molecule has 5 rings (SSSR count). The van der Waals surface area contributed by atoms with Crippen molar-refractivity contribution >= 4 is 11.8 Å². The number of hydrogen-bond acceptors (Lipinski definition) is 4. The van der Waals surface area contributed by atoms with E-state index >= 15 is 0 Å². The van der Waals surface area contributed by atoms with Gasteiger partial charge in [0.1, 0.15) is 5.75 Å². The molecule has 0 spiro atoms. The lowest BCUT2D eigenvalue weighted by atomic mass is 9.81. The van der Waals surface area contributed by atoms with E-state index in [9.17, 15) is 9.59 Å². The number of aromatic nitrogens is 1. The summed E-state index contributed by atoms with van der Waals surface area (Å²) in [5.74, 6) is 1.89. The van der Waals surface area contributed by atoms with E-state index in [0.29, 0.717) is 24.6 Å². The summed E-state index contributed by atoms with van der Waals surface area (Å²) in [6, 6.07) is 12.0. The SMILES string of the molecule is COc1ccc([C@@H]2CN(C(=O)C3CCC3)[C@H]3CCN(C(=O)c4ccncc4)C[C@@H]23)cc1. The molecule has 3 fully saturated rings. The van der Waals surface area contributed by atoms with Crippen molar-refractivity contribution in [1.82, 2.24) is 14.8 Å². The molecule has 162 valence electrons. The molecule has 1 aromatic heterocycles. The highest BCUT2D eigenvalue weighted by molar-refractivity contribution is 5.94. The van der Waals surface area contributed by atoms with E-state index in [4.69, 9.17) is 4.74 Å². The molecule has 6 nitrogen and oxygen atoms in total. The normalized spacial score (nSPS) is 25.6. The third-order valence-electron chi connectivity index (χ3n) is 7.43. The molecule has 1 aromatic carbocycles. The van der Waals surface area contributed by atoms with Crippen LogP contribution in [0.1, 0.15) is 47.5 Å². The largest absolute Gasteiger partial charge is 0.497 e. The Morgan fingerprint density at radius 3 is 2.39 bits per heavy atom. The number of carbonyl (C=O) groups excluding carboxylic acids is 2. The van der Waals surface area contributed by atoms with E-state index in [2.05, 4.69) is 22.0 Å². The Bertz CT molecular complexity index is 942. The molecule has 31 heavy (non-hydrogen) atoms. The summed E-state index contributed by atoms with van der Waals surface area (Å²) < 4.78 is 5.33. The van der Waals surface area contributed by atoms with Crippen molar-refractivity contribution in [3.8, 4) is 5.75 Å². The zero-order valence-electron chi connectivity index (χ0n) is 17.9. The topological polar surface area (TPSA) is 62.7 Å². The van der Waals surface area contributed by atoms with Crippen LogP contribution >= 0.6 is 0 Å². The number of piperidine rings is 1. The Morgan fingerprint density at radius 1 is 1.00 bits per heavy atom. The summed E-state index contributed by atoms with van der Waals surface area (Å²) in [5.41, 5.74) is 1.90. The molecule has 2 aliphatic heterocycles. The summed E-state index contributed by atoms with van der Waals surface area (Å²) >= 11 is 0. The first-order valence-electron chi connectivity index (χ1n) is 11.3. The molecule has 2 amide bonds. The number of benzene rings is 1.